The smallest absolute Gasteiger partial charge is 0.309 e. The fourth-order valence-electron chi connectivity index (χ4n) is 2.54. The maximum absolute atomic E-state index is 12.4. The molecule has 1 aromatic heterocycles. The van der Waals surface area contributed by atoms with Crippen LogP contribution < -0.4 is 0 Å². The molecular formula is C14H18ClNO4. The minimum absolute atomic E-state index is 0.0663. The van der Waals surface area contributed by atoms with Crippen molar-refractivity contribution in [3.63, 3.8) is 0 Å². The molecule has 5 nitrogen and oxygen atoms in total. The maximum Gasteiger partial charge on any atom is 0.309 e. The van der Waals surface area contributed by atoms with E-state index in [2.05, 4.69) is 0 Å². The number of nitrogens with zero attached hydrogens (tertiary/aromatic N) is 1. The van der Waals surface area contributed by atoms with Gasteiger partial charge in [0.2, 0.25) is 5.22 Å². The van der Waals surface area contributed by atoms with Crippen LogP contribution in [-0.2, 0) is 4.79 Å². The van der Waals surface area contributed by atoms with Gasteiger partial charge in [0.05, 0.1) is 17.2 Å². The van der Waals surface area contributed by atoms with Crippen LogP contribution in [0.4, 0.5) is 0 Å². The Morgan fingerprint density at radius 3 is 2.75 bits per heavy atom. The monoisotopic (exact) mass is 299 g/mol. The fraction of sp³-hybridized carbons (Fsp3) is 0.571. The van der Waals surface area contributed by atoms with Crippen molar-refractivity contribution in [2.75, 3.05) is 13.1 Å². The Bertz CT molecular complexity index is 523. The molecule has 0 bridgehead atoms. The predicted octanol–water partition coefficient (Wildman–Crippen LogP) is 2.90. The largest absolute Gasteiger partial charge is 0.481 e. The number of amides is 1. The van der Waals surface area contributed by atoms with Crippen molar-refractivity contribution >= 4 is 23.5 Å². The fourth-order valence-corrected chi connectivity index (χ4v) is 2.74. The van der Waals surface area contributed by atoms with Gasteiger partial charge in [-0.1, -0.05) is 0 Å². The quantitative estimate of drug-likeness (QED) is 0.931. The Labute approximate surface area is 122 Å². The van der Waals surface area contributed by atoms with Gasteiger partial charge in [0, 0.05) is 13.1 Å². The van der Waals surface area contributed by atoms with Crippen molar-refractivity contribution in [1.29, 1.82) is 0 Å². The van der Waals surface area contributed by atoms with E-state index in [1.807, 2.05) is 0 Å². The number of halogens is 1. The number of hydrogen-bond acceptors (Lipinski definition) is 3. The number of piperidine rings is 1. The number of furan rings is 1. The lowest BCUT2D eigenvalue weighted by Crippen LogP contribution is -2.46. The number of aliphatic carboxylic acids is 1. The minimum Gasteiger partial charge on any atom is -0.481 e. The molecule has 1 atom stereocenters. The summed E-state index contributed by atoms with van der Waals surface area (Å²) in [6.45, 7) is 4.46. The molecule has 0 spiro atoms. The SMILES string of the molecule is CC(C)(C(=O)O)C1CCCN(C(=O)c2ccoc2Cl)C1. The third-order valence-corrected chi connectivity index (χ3v) is 4.42. The van der Waals surface area contributed by atoms with E-state index in [-0.39, 0.29) is 17.0 Å². The Morgan fingerprint density at radius 1 is 1.50 bits per heavy atom. The molecule has 1 aliphatic heterocycles. The first-order chi connectivity index (χ1) is 9.34. The van der Waals surface area contributed by atoms with Gasteiger partial charge < -0.3 is 14.4 Å². The number of carboxylic acids is 1. The van der Waals surface area contributed by atoms with E-state index in [9.17, 15) is 14.7 Å². The Morgan fingerprint density at radius 2 is 2.20 bits per heavy atom. The molecule has 1 N–H and O–H groups in total. The van der Waals surface area contributed by atoms with E-state index in [1.54, 1.807) is 18.7 Å². The summed E-state index contributed by atoms with van der Waals surface area (Å²) >= 11 is 5.82. The highest BCUT2D eigenvalue weighted by Gasteiger charge is 2.40. The van der Waals surface area contributed by atoms with Crippen LogP contribution in [0.2, 0.25) is 5.22 Å². The van der Waals surface area contributed by atoms with E-state index >= 15 is 0 Å². The predicted molar refractivity (Wildman–Crippen MR) is 73.8 cm³/mol. The number of carbonyl (C=O) groups is 2. The summed E-state index contributed by atoms with van der Waals surface area (Å²) in [5, 5.41) is 9.39. The molecule has 2 rings (SSSR count). The first kappa shape index (κ1) is 14.9. The van der Waals surface area contributed by atoms with Gasteiger partial charge in [0.25, 0.3) is 5.91 Å². The van der Waals surface area contributed by atoms with Crippen LogP contribution >= 0.6 is 11.6 Å². The molecule has 1 aromatic rings. The number of hydrogen-bond donors (Lipinski definition) is 1. The van der Waals surface area contributed by atoms with Crippen LogP contribution in [0.1, 0.15) is 37.0 Å². The number of carbonyl (C=O) groups excluding carboxylic acids is 1. The third kappa shape index (κ3) is 2.68. The van der Waals surface area contributed by atoms with Gasteiger partial charge in [0.1, 0.15) is 0 Å². The topological polar surface area (TPSA) is 70.8 Å². The van der Waals surface area contributed by atoms with Gasteiger partial charge in [-0.25, -0.2) is 0 Å². The molecule has 1 amide bonds. The van der Waals surface area contributed by atoms with Crippen LogP contribution in [0.5, 0.6) is 0 Å². The first-order valence-corrected chi connectivity index (χ1v) is 6.97. The number of likely N-dealkylation sites (tertiary alicyclic amines) is 1. The molecule has 1 unspecified atom stereocenters. The average Bonchev–Trinajstić information content (AvgIpc) is 2.84. The highest BCUT2D eigenvalue weighted by atomic mass is 35.5. The first-order valence-electron chi connectivity index (χ1n) is 6.59. The average molecular weight is 300 g/mol. The van der Waals surface area contributed by atoms with Gasteiger partial charge in [-0.05, 0) is 50.3 Å². The Kier molecular flexibility index (Phi) is 4.09. The summed E-state index contributed by atoms with van der Waals surface area (Å²) in [5.41, 5.74) is -0.514. The van der Waals surface area contributed by atoms with Crippen LogP contribution in [0, 0.1) is 11.3 Å². The normalized spacial score (nSPS) is 19.9. The van der Waals surface area contributed by atoms with Crippen molar-refractivity contribution in [3.8, 4) is 0 Å². The molecule has 110 valence electrons. The van der Waals surface area contributed by atoms with Crippen molar-refractivity contribution in [3.05, 3.63) is 23.1 Å². The van der Waals surface area contributed by atoms with Crippen molar-refractivity contribution in [1.82, 2.24) is 4.90 Å². The standard InChI is InChI=1S/C14H18ClNO4/c1-14(2,13(18)19)9-4-3-6-16(8-9)12(17)10-5-7-20-11(10)15/h5,7,9H,3-4,6,8H2,1-2H3,(H,18,19). The van der Waals surface area contributed by atoms with E-state index in [4.69, 9.17) is 16.0 Å². The summed E-state index contributed by atoms with van der Waals surface area (Å²) in [6.07, 6.45) is 2.98. The molecule has 0 aliphatic carbocycles. The van der Waals surface area contributed by atoms with Crippen LogP contribution in [0.25, 0.3) is 0 Å². The van der Waals surface area contributed by atoms with Crippen LogP contribution in [-0.4, -0.2) is 35.0 Å². The van der Waals surface area contributed by atoms with E-state index in [0.717, 1.165) is 12.8 Å². The number of rotatable bonds is 3. The molecule has 20 heavy (non-hydrogen) atoms. The molecule has 0 saturated carbocycles. The Balaban J connectivity index is 2.13. The number of carboxylic acid groups (broad SMARTS) is 1. The second kappa shape index (κ2) is 5.48. The zero-order chi connectivity index (χ0) is 14.9. The molecule has 0 radical (unpaired) electrons. The summed E-state index contributed by atoms with van der Waals surface area (Å²) in [4.78, 5) is 25.4. The zero-order valence-corrected chi connectivity index (χ0v) is 12.3. The van der Waals surface area contributed by atoms with E-state index in [1.165, 1.54) is 12.3 Å². The lowest BCUT2D eigenvalue weighted by molar-refractivity contribution is -0.151. The van der Waals surface area contributed by atoms with Gasteiger partial charge in [0.15, 0.2) is 0 Å². The van der Waals surface area contributed by atoms with Gasteiger partial charge in [-0.3, -0.25) is 9.59 Å². The second-order valence-electron chi connectivity index (χ2n) is 5.73. The maximum atomic E-state index is 12.4. The van der Waals surface area contributed by atoms with Crippen molar-refractivity contribution in [2.45, 2.75) is 26.7 Å². The van der Waals surface area contributed by atoms with Crippen molar-refractivity contribution in [2.24, 2.45) is 11.3 Å². The van der Waals surface area contributed by atoms with E-state index < -0.39 is 11.4 Å². The van der Waals surface area contributed by atoms with Gasteiger partial charge in [-0.2, -0.15) is 0 Å². The lowest BCUT2D eigenvalue weighted by Gasteiger charge is -2.39. The summed E-state index contributed by atoms with van der Waals surface area (Å²) in [6, 6.07) is 1.54. The molecule has 1 saturated heterocycles. The Hall–Kier alpha value is -1.49. The second-order valence-corrected chi connectivity index (χ2v) is 6.07. The molecule has 0 aromatic carbocycles. The highest BCUT2D eigenvalue weighted by Crippen LogP contribution is 2.35. The summed E-state index contributed by atoms with van der Waals surface area (Å²) in [5.74, 6) is -1.10. The van der Waals surface area contributed by atoms with Crippen molar-refractivity contribution < 1.29 is 19.1 Å². The molecular weight excluding hydrogens is 282 g/mol. The summed E-state index contributed by atoms with van der Waals surface area (Å²) < 4.78 is 4.93. The summed E-state index contributed by atoms with van der Waals surface area (Å²) in [7, 11) is 0. The highest BCUT2D eigenvalue weighted by molar-refractivity contribution is 6.32. The van der Waals surface area contributed by atoms with Crippen LogP contribution in [0.3, 0.4) is 0 Å². The third-order valence-electron chi connectivity index (χ3n) is 4.13. The lowest BCUT2D eigenvalue weighted by atomic mass is 9.74. The van der Waals surface area contributed by atoms with E-state index in [0.29, 0.717) is 18.7 Å². The van der Waals surface area contributed by atoms with Gasteiger partial charge in [-0.15, -0.1) is 0 Å². The molecule has 6 heteroatoms. The van der Waals surface area contributed by atoms with Gasteiger partial charge >= 0.3 is 5.97 Å². The molecule has 2 heterocycles. The van der Waals surface area contributed by atoms with Crippen LogP contribution in [0.15, 0.2) is 16.7 Å². The zero-order valence-electron chi connectivity index (χ0n) is 11.6. The molecule has 1 fully saturated rings. The molecule has 1 aliphatic rings. The minimum atomic E-state index is -0.848.